The average Bonchev–Trinajstić information content (AvgIpc) is 3.31. The maximum absolute atomic E-state index is 13.7. The van der Waals surface area contributed by atoms with Gasteiger partial charge in [0.15, 0.2) is 5.13 Å². The second-order valence-electron chi connectivity index (χ2n) is 8.28. The summed E-state index contributed by atoms with van der Waals surface area (Å²) < 4.78 is 17.5. The van der Waals surface area contributed by atoms with Crippen molar-refractivity contribution in [2.75, 3.05) is 50.9 Å². The molecule has 3 heterocycles. The summed E-state index contributed by atoms with van der Waals surface area (Å²) in [6, 6.07) is 14.5. The highest BCUT2D eigenvalue weighted by Crippen LogP contribution is 2.35. The number of rotatable bonds is 8. The molecular weight excluding hydrogens is 502 g/mol. The molecule has 0 aliphatic carbocycles. The van der Waals surface area contributed by atoms with Crippen LogP contribution >= 0.6 is 23.7 Å². The lowest BCUT2D eigenvalue weighted by molar-refractivity contribution is 0.0376. The van der Waals surface area contributed by atoms with Gasteiger partial charge in [-0.1, -0.05) is 35.6 Å². The molecule has 1 aliphatic heterocycles. The third-order valence-electron chi connectivity index (χ3n) is 5.98. The van der Waals surface area contributed by atoms with Crippen LogP contribution in [-0.4, -0.2) is 61.8 Å². The molecule has 5 rings (SSSR count). The Morgan fingerprint density at radius 3 is 2.78 bits per heavy atom. The van der Waals surface area contributed by atoms with E-state index in [2.05, 4.69) is 4.90 Å². The highest BCUT2D eigenvalue weighted by Gasteiger charge is 2.25. The summed E-state index contributed by atoms with van der Waals surface area (Å²) in [5.41, 5.74) is 0.516. The number of carbonyl (C=O) groups is 1. The Morgan fingerprint density at radius 2 is 1.97 bits per heavy atom. The van der Waals surface area contributed by atoms with Crippen molar-refractivity contribution in [1.82, 2.24) is 9.88 Å². The first kappa shape index (κ1) is 26.1. The lowest BCUT2D eigenvalue weighted by atomic mass is 10.1. The van der Waals surface area contributed by atoms with Crippen molar-refractivity contribution in [2.45, 2.75) is 13.3 Å². The summed E-state index contributed by atoms with van der Waals surface area (Å²) in [7, 11) is 0. The largest absolute Gasteiger partial charge is 0.492 e. The number of ether oxygens (including phenoxy) is 2. The zero-order valence-corrected chi connectivity index (χ0v) is 21.6. The van der Waals surface area contributed by atoms with Crippen LogP contribution in [0.3, 0.4) is 0 Å². The van der Waals surface area contributed by atoms with Gasteiger partial charge >= 0.3 is 5.63 Å². The van der Waals surface area contributed by atoms with Crippen molar-refractivity contribution < 1.29 is 18.7 Å². The van der Waals surface area contributed by atoms with Gasteiger partial charge in [-0.05, 0) is 37.6 Å². The molecule has 2 aromatic heterocycles. The Kier molecular flexibility index (Phi) is 8.58. The third-order valence-corrected chi connectivity index (χ3v) is 7.02. The molecule has 36 heavy (non-hydrogen) atoms. The average molecular weight is 530 g/mol. The number of aromatic nitrogens is 1. The number of halogens is 1. The van der Waals surface area contributed by atoms with Crippen molar-refractivity contribution in [3.05, 3.63) is 64.5 Å². The van der Waals surface area contributed by atoms with Gasteiger partial charge in [0.1, 0.15) is 22.4 Å². The molecule has 0 radical (unpaired) electrons. The number of nitrogens with zero attached hydrogens (tertiary/aromatic N) is 3. The molecule has 2 aromatic carbocycles. The normalized spacial score (nSPS) is 14.0. The molecule has 1 amide bonds. The van der Waals surface area contributed by atoms with Crippen LogP contribution in [0.2, 0.25) is 0 Å². The molecule has 0 bridgehead atoms. The number of thiazole rings is 1. The highest BCUT2D eigenvalue weighted by atomic mass is 35.5. The van der Waals surface area contributed by atoms with Crippen LogP contribution in [-0.2, 0) is 4.74 Å². The molecule has 10 heteroatoms. The maximum atomic E-state index is 13.7. The van der Waals surface area contributed by atoms with Crippen LogP contribution < -0.4 is 15.3 Å². The number of fused-ring (bicyclic) bond motifs is 2. The van der Waals surface area contributed by atoms with Gasteiger partial charge in [-0.2, -0.15) is 0 Å². The minimum absolute atomic E-state index is 0. The van der Waals surface area contributed by atoms with Crippen molar-refractivity contribution in [3.63, 3.8) is 0 Å². The van der Waals surface area contributed by atoms with E-state index in [1.807, 2.05) is 37.3 Å². The number of morpholine rings is 1. The summed E-state index contributed by atoms with van der Waals surface area (Å²) in [4.78, 5) is 35.2. The number of hydrogen-bond donors (Lipinski definition) is 0. The van der Waals surface area contributed by atoms with Crippen molar-refractivity contribution in [1.29, 1.82) is 0 Å². The predicted octanol–water partition coefficient (Wildman–Crippen LogP) is 4.59. The van der Waals surface area contributed by atoms with Crippen LogP contribution in [0.15, 0.2) is 57.7 Å². The molecule has 1 fully saturated rings. The van der Waals surface area contributed by atoms with Crippen LogP contribution in [0.1, 0.15) is 23.7 Å². The van der Waals surface area contributed by atoms with Crippen LogP contribution in [0.4, 0.5) is 5.13 Å². The zero-order valence-electron chi connectivity index (χ0n) is 20.0. The first-order valence-corrected chi connectivity index (χ1v) is 12.6. The summed E-state index contributed by atoms with van der Waals surface area (Å²) in [6.45, 7) is 6.89. The van der Waals surface area contributed by atoms with E-state index in [1.54, 1.807) is 23.1 Å². The van der Waals surface area contributed by atoms with E-state index in [4.69, 9.17) is 18.9 Å². The number of anilines is 1. The molecule has 0 atom stereocenters. The van der Waals surface area contributed by atoms with Gasteiger partial charge < -0.3 is 13.9 Å². The molecule has 0 N–H and O–H groups in total. The smallest absolute Gasteiger partial charge is 0.349 e. The fourth-order valence-corrected chi connectivity index (χ4v) is 5.22. The number of hydrogen-bond acceptors (Lipinski definition) is 8. The van der Waals surface area contributed by atoms with Crippen molar-refractivity contribution in [2.24, 2.45) is 0 Å². The molecule has 0 unspecified atom stereocenters. The van der Waals surface area contributed by atoms with Crippen LogP contribution in [0.25, 0.3) is 21.2 Å². The minimum atomic E-state index is -0.650. The lowest BCUT2D eigenvalue weighted by Crippen LogP contribution is -2.40. The molecule has 190 valence electrons. The van der Waals surface area contributed by atoms with Gasteiger partial charge in [-0.3, -0.25) is 14.6 Å². The summed E-state index contributed by atoms with van der Waals surface area (Å²) in [5.74, 6) is 0.266. The second-order valence-corrected chi connectivity index (χ2v) is 9.29. The number of carbonyl (C=O) groups excluding carboxylic acids is 1. The monoisotopic (exact) mass is 529 g/mol. The van der Waals surface area contributed by atoms with Crippen molar-refractivity contribution in [3.8, 4) is 5.75 Å². The molecule has 0 saturated carbocycles. The first-order chi connectivity index (χ1) is 17.1. The zero-order chi connectivity index (χ0) is 24.2. The minimum Gasteiger partial charge on any atom is -0.492 e. The third kappa shape index (κ3) is 5.54. The summed E-state index contributed by atoms with van der Waals surface area (Å²) >= 11 is 1.41. The number of para-hydroxylation sites is 2. The summed E-state index contributed by atoms with van der Waals surface area (Å²) in [6.07, 6.45) is 0.735. The first-order valence-electron chi connectivity index (χ1n) is 11.8. The second kappa shape index (κ2) is 11.8. The fourth-order valence-electron chi connectivity index (χ4n) is 4.22. The molecular formula is C26H28ClN3O5S. The van der Waals surface area contributed by atoms with E-state index < -0.39 is 11.5 Å². The molecule has 1 saturated heterocycles. The predicted molar refractivity (Wildman–Crippen MR) is 144 cm³/mol. The molecule has 1 aliphatic rings. The summed E-state index contributed by atoms with van der Waals surface area (Å²) in [5, 5.41) is 1.23. The fraction of sp³-hybridized carbons (Fsp3) is 0.346. The van der Waals surface area contributed by atoms with Gasteiger partial charge in [-0.15, -0.1) is 12.4 Å². The lowest BCUT2D eigenvalue weighted by Gasteiger charge is -2.27. The van der Waals surface area contributed by atoms with Gasteiger partial charge in [0, 0.05) is 31.6 Å². The quantitative estimate of drug-likeness (QED) is 0.308. The van der Waals surface area contributed by atoms with Gasteiger partial charge in [0.05, 0.1) is 24.5 Å². The van der Waals surface area contributed by atoms with E-state index in [9.17, 15) is 9.59 Å². The molecule has 4 aromatic rings. The van der Waals surface area contributed by atoms with E-state index in [0.29, 0.717) is 40.5 Å². The SMILES string of the molecule is CCOc1cccc2sc(N(CCCN3CCOCC3)C(=O)c3cc4ccccc4oc3=O)nc12.Cl. The highest BCUT2D eigenvalue weighted by molar-refractivity contribution is 7.22. The molecule has 0 spiro atoms. The Balaban J connectivity index is 0.00000304. The van der Waals surface area contributed by atoms with E-state index in [-0.39, 0.29) is 18.0 Å². The van der Waals surface area contributed by atoms with Gasteiger partial charge in [-0.25, -0.2) is 9.78 Å². The number of benzene rings is 2. The Hall–Kier alpha value is -2.98. The van der Waals surface area contributed by atoms with E-state index in [0.717, 1.165) is 44.0 Å². The molecule has 8 nitrogen and oxygen atoms in total. The van der Waals surface area contributed by atoms with Crippen LogP contribution in [0.5, 0.6) is 5.75 Å². The Morgan fingerprint density at radius 1 is 1.17 bits per heavy atom. The van der Waals surface area contributed by atoms with Crippen LogP contribution in [0, 0.1) is 0 Å². The van der Waals surface area contributed by atoms with Crippen molar-refractivity contribution >= 4 is 56.0 Å². The Bertz CT molecular complexity index is 1400. The van der Waals surface area contributed by atoms with E-state index >= 15 is 0 Å². The topological polar surface area (TPSA) is 85.1 Å². The number of amides is 1. The van der Waals surface area contributed by atoms with Gasteiger partial charge in [0.25, 0.3) is 5.91 Å². The Labute approximate surface area is 218 Å². The van der Waals surface area contributed by atoms with E-state index in [1.165, 1.54) is 11.3 Å². The standard InChI is InChI=1S/C26H27N3O5S.ClH/c1-2-33-21-9-5-10-22-23(21)27-26(35-22)29(12-6-11-28-13-15-32-16-14-28)24(30)19-17-18-7-3-4-8-20(18)34-25(19)31;/h3-5,7-10,17H,2,6,11-16H2,1H3;1H. The maximum Gasteiger partial charge on any atom is 0.349 e. The van der Waals surface area contributed by atoms with Gasteiger partial charge in [0.2, 0.25) is 0 Å².